The first-order valence-electron chi connectivity index (χ1n) is 7.52. The molecule has 1 aromatic carbocycles. The lowest BCUT2D eigenvalue weighted by molar-refractivity contribution is 0.280. The molecule has 1 aromatic rings. The van der Waals surface area contributed by atoms with E-state index in [1.54, 1.807) is 0 Å². The van der Waals surface area contributed by atoms with E-state index in [0.717, 1.165) is 12.3 Å². The van der Waals surface area contributed by atoms with Crippen molar-refractivity contribution in [2.24, 2.45) is 17.8 Å². The van der Waals surface area contributed by atoms with E-state index in [1.165, 1.54) is 43.5 Å². The first-order chi connectivity index (χ1) is 9.99. The summed E-state index contributed by atoms with van der Waals surface area (Å²) in [5.74, 6) is 1.97. The summed E-state index contributed by atoms with van der Waals surface area (Å²) in [7, 11) is -3.50. The number of benzene rings is 1. The molecule has 112 valence electrons. The van der Waals surface area contributed by atoms with Crippen molar-refractivity contribution >= 4 is 10.0 Å². The molecule has 21 heavy (non-hydrogen) atoms. The van der Waals surface area contributed by atoms with Gasteiger partial charge in [-0.25, -0.2) is 13.1 Å². The van der Waals surface area contributed by atoms with Gasteiger partial charge in [-0.15, -0.1) is 0 Å². The summed E-state index contributed by atoms with van der Waals surface area (Å²) in [5.41, 5.74) is 0.468. The van der Waals surface area contributed by atoms with Crippen LogP contribution in [0.3, 0.4) is 0 Å². The van der Waals surface area contributed by atoms with Gasteiger partial charge in [-0.2, -0.15) is 5.26 Å². The zero-order chi connectivity index (χ0) is 15.0. The van der Waals surface area contributed by atoms with Crippen LogP contribution < -0.4 is 4.72 Å². The lowest BCUT2D eigenvalue weighted by Gasteiger charge is -2.28. The van der Waals surface area contributed by atoms with Gasteiger partial charge in [0.05, 0.1) is 16.5 Å². The van der Waals surface area contributed by atoms with Crippen LogP contribution in [0.2, 0.25) is 0 Å². The quantitative estimate of drug-likeness (QED) is 0.929. The van der Waals surface area contributed by atoms with Gasteiger partial charge in [0.2, 0.25) is 10.0 Å². The van der Waals surface area contributed by atoms with Crippen LogP contribution in [0.4, 0.5) is 0 Å². The molecule has 5 heteroatoms. The summed E-state index contributed by atoms with van der Waals surface area (Å²) in [5, 5.41) is 8.77. The maximum absolute atomic E-state index is 12.4. The molecule has 2 aliphatic rings. The van der Waals surface area contributed by atoms with E-state index in [9.17, 15) is 8.42 Å². The highest BCUT2D eigenvalue weighted by atomic mass is 32.2. The molecule has 0 saturated heterocycles. The Kier molecular flexibility index (Phi) is 3.76. The fraction of sp³-hybridized carbons (Fsp3) is 0.562. The summed E-state index contributed by atoms with van der Waals surface area (Å²) in [6, 6.07) is 8.03. The number of nitriles is 1. The third kappa shape index (κ3) is 2.83. The predicted molar refractivity (Wildman–Crippen MR) is 79.9 cm³/mol. The average Bonchev–Trinajstić information content (AvgIpc) is 3.09. The number of fused-ring (bicyclic) bond motifs is 2. The minimum atomic E-state index is -3.50. The molecule has 0 aliphatic heterocycles. The Bertz CT molecular complexity index is 661. The van der Waals surface area contributed by atoms with Gasteiger partial charge in [-0.05, 0) is 68.2 Å². The number of rotatable bonds is 4. The van der Waals surface area contributed by atoms with Gasteiger partial charge in [0, 0.05) is 6.04 Å². The van der Waals surface area contributed by atoms with Crippen molar-refractivity contribution in [3.8, 4) is 6.07 Å². The number of nitrogens with one attached hydrogen (secondary N) is 1. The monoisotopic (exact) mass is 304 g/mol. The van der Waals surface area contributed by atoms with E-state index >= 15 is 0 Å². The van der Waals surface area contributed by atoms with E-state index in [2.05, 4.69) is 4.72 Å². The van der Waals surface area contributed by atoms with Crippen molar-refractivity contribution in [1.29, 1.82) is 5.26 Å². The fourth-order valence-corrected chi connectivity index (χ4v) is 5.31. The number of sulfonamides is 1. The zero-order valence-electron chi connectivity index (χ0n) is 12.1. The Hall–Kier alpha value is -1.38. The van der Waals surface area contributed by atoms with Crippen molar-refractivity contribution in [1.82, 2.24) is 4.72 Å². The van der Waals surface area contributed by atoms with Gasteiger partial charge in [-0.1, -0.05) is 6.42 Å². The van der Waals surface area contributed by atoms with Gasteiger partial charge in [0.1, 0.15) is 0 Å². The Balaban J connectivity index is 1.72. The van der Waals surface area contributed by atoms with Crippen LogP contribution >= 0.6 is 0 Å². The minimum Gasteiger partial charge on any atom is -0.208 e. The highest BCUT2D eigenvalue weighted by Gasteiger charge is 2.42. The third-order valence-electron chi connectivity index (χ3n) is 5.07. The van der Waals surface area contributed by atoms with Crippen molar-refractivity contribution in [3.63, 3.8) is 0 Å². The van der Waals surface area contributed by atoms with Gasteiger partial charge in [0.15, 0.2) is 0 Å². The van der Waals surface area contributed by atoms with Crippen LogP contribution in [0.1, 0.15) is 38.2 Å². The predicted octanol–water partition coefficient (Wildman–Crippen LogP) is 2.66. The van der Waals surface area contributed by atoms with Crippen LogP contribution in [0.5, 0.6) is 0 Å². The summed E-state index contributed by atoms with van der Waals surface area (Å²) in [4.78, 5) is 0.233. The molecule has 0 heterocycles. The molecule has 0 aromatic heterocycles. The normalized spacial score (nSPS) is 29.2. The smallest absolute Gasteiger partial charge is 0.208 e. The Morgan fingerprint density at radius 3 is 2.48 bits per heavy atom. The second kappa shape index (κ2) is 5.43. The highest BCUT2D eigenvalue weighted by Crippen LogP contribution is 2.49. The Morgan fingerprint density at radius 2 is 1.95 bits per heavy atom. The van der Waals surface area contributed by atoms with E-state index in [0.29, 0.717) is 17.4 Å². The Labute approximate surface area is 126 Å². The van der Waals surface area contributed by atoms with E-state index < -0.39 is 10.0 Å². The van der Waals surface area contributed by atoms with Crippen LogP contribution in [-0.4, -0.2) is 14.5 Å². The number of nitrogens with zero attached hydrogens (tertiary/aromatic N) is 1. The molecule has 1 N–H and O–H groups in total. The first kappa shape index (κ1) is 14.6. The minimum absolute atomic E-state index is 0.0269. The number of hydrogen-bond donors (Lipinski definition) is 1. The largest absolute Gasteiger partial charge is 0.240 e. The average molecular weight is 304 g/mol. The van der Waals surface area contributed by atoms with Crippen LogP contribution in [0.15, 0.2) is 29.2 Å². The molecule has 4 unspecified atom stereocenters. The topological polar surface area (TPSA) is 70.0 Å². The maximum Gasteiger partial charge on any atom is 0.240 e. The highest BCUT2D eigenvalue weighted by molar-refractivity contribution is 7.89. The first-order valence-corrected chi connectivity index (χ1v) is 9.00. The van der Waals surface area contributed by atoms with Gasteiger partial charge in [0.25, 0.3) is 0 Å². The summed E-state index contributed by atoms with van der Waals surface area (Å²) < 4.78 is 27.6. The van der Waals surface area contributed by atoms with Crippen molar-refractivity contribution < 1.29 is 8.42 Å². The van der Waals surface area contributed by atoms with Crippen LogP contribution in [-0.2, 0) is 10.0 Å². The van der Waals surface area contributed by atoms with Crippen molar-refractivity contribution in [2.45, 2.75) is 43.5 Å². The van der Waals surface area contributed by atoms with Crippen LogP contribution in [0.25, 0.3) is 0 Å². The molecule has 0 amide bonds. The van der Waals surface area contributed by atoms with E-state index in [1.807, 2.05) is 13.0 Å². The molecule has 2 aliphatic carbocycles. The van der Waals surface area contributed by atoms with Gasteiger partial charge in [-0.3, -0.25) is 0 Å². The summed E-state index contributed by atoms with van der Waals surface area (Å²) in [6.45, 7) is 1.98. The second-order valence-corrected chi connectivity index (χ2v) is 8.10. The lowest BCUT2D eigenvalue weighted by atomic mass is 9.84. The van der Waals surface area contributed by atoms with E-state index in [4.69, 9.17) is 5.26 Å². The van der Waals surface area contributed by atoms with E-state index in [-0.39, 0.29) is 10.9 Å². The molecule has 0 radical (unpaired) electrons. The molecule has 2 saturated carbocycles. The second-order valence-electron chi connectivity index (χ2n) is 6.38. The third-order valence-corrected chi connectivity index (χ3v) is 6.64. The van der Waals surface area contributed by atoms with Crippen molar-refractivity contribution in [3.05, 3.63) is 29.8 Å². The number of hydrogen-bond acceptors (Lipinski definition) is 3. The maximum atomic E-state index is 12.4. The Morgan fingerprint density at radius 1 is 1.24 bits per heavy atom. The molecule has 2 fully saturated rings. The van der Waals surface area contributed by atoms with Crippen molar-refractivity contribution in [2.75, 3.05) is 0 Å². The molecular formula is C16H20N2O2S. The molecule has 4 nitrogen and oxygen atoms in total. The summed E-state index contributed by atoms with van der Waals surface area (Å²) in [6.07, 6.45) is 4.99. The molecular weight excluding hydrogens is 284 g/mol. The molecule has 2 bridgehead atoms. The SMILES string of the molecule is CC(NS(=O)(=O)c1ccc(C#N)cc1)C1CC2CCC1C2. The molecule has 4 atom stereocenters. The molecule has 3 rings (SSSR count). The fourth-order valence-electron chi connectivity index (χ4n) is 4.02. The standard InChI is InChI=1S/C16H20N2O2S/c1-11(16-9-13-2-5-14(16)8-13)18-21(19,20)15-6-3-12(10-17)4-7-15/h3-4,6-7,11,13-14,16,18H,2,5,8-9H2,1H3. The zero-order valence-corrected chi connectivity index (χ0v) is 12.9. The van der Waals surface area contributed by atoms with Crippen LogP contribution in [0, 0.1) is 29.1 Å². The lowest BCUT2D eigenvalue weighted by Crippen LogP contribution is -2.40. The summed E-state index contributed by atoms with van der Waals surface area (Å²) >= 11 is 0. The van der Waals surface area contributed by atoms with Gasteiger partial charge < -0.3 is 0 Å². The molecule has 0 spiro atoms. The van der Waals surface area contributed by atoms with Gasteiger partial charge >= 0.3 is 0 Å².